The molecule has 3 heteroatoms. The second-order valence-electron chi connectivity index (χ2n) is 5.06. The minimum atomic E-state index is 0.0766. The molecule has 0 fully saturated rings. The van der Waals surface area contributed by atoms with Gasteiger partial charge in [0.25, 0.3) is 0 Å². The van der Waals surface area contributed by atoms with Gasteiger partial charge in [-0.2, -0.15) is 0 Å². The zero-order valence-electron chi connectivity index (χ0n) is 9.70. The smallest absolute Gasteiger partial charge is 0.140 e. The Kier molecular flexibility index (Phi) is 2.00. The van der Waals surface area contributed by atoms with Gasteiger partial charge in [-0.1, -0.05) is 20.8 Å². The Hall–Kier alpha value is -1.51. The van der Waals surface area contributed by atoms with Gasteiger partial charge in [0.1, 0.15) is 5.65 Å². The first kappa shape index (κ1) is 10.0. The van der Waals surface area contributed by atoms with E-state index in [4.69, 9.17) is 5.73 Å². The quantitative estimate of drug-likeness (QED) is 0.715. The molecule has 0 saturated heterocycles. The highest BCUT2D eigenvalue weighted by Crippen LogP contribution is 2.23. The van der Waals surface area contributed by atoms with E-state index in [0.717, 1.165) is 22.6 Å². The molecule has 0 aliphatic carbocycles. The van der Waals surface area contributed by atoms with Crippen LogP contribution in [0, 0.1) is 6.92 Å². The van der Waals surface area contributed by atoms with Crippen LogP contribution < -0.4 is 5.73 Å². The molecule has 0 bridgehead atoms. The number of aromatic nitrogens is 2. The molecule has 2 heterocycles. The molecule has 3 nitrogen and oxygen atoms in total. The number of hydrogen-bond acceptors (Lipinski definition) is 2. The molecule has 0 aliphatic heterocycles. The van der Waals surface area contributed by atoms with Crippen molar-refractivity contribution in [1.82, 2.24) is 9.38 Å². The Balaban J connectivity index is 2.71. The number of imidazole rings is 1. The summed E-state index contributed by atoms with van der Waals surface area (Å²) in [6, 6.07) is 1.95. The lowest BCUT2D eigenvalue weighted by Crippen LogP contribution is -2.11. The lowest BCUT2D eigenvalue weighted by Gasteiger charge is -2.13. The molecule has 2 aromatic rings. The molecule has 0 atom stereocenters. The normalized spacial score (nSPS) is 12.3. The van der Waals surface area contributed by atoms with Gasteiger partial charge in [0.2, 0.25) is 0 Å². The fourth-order valence-corrected chi connectivity index (χ4v) is 1.66. The van der Waals surface area contributed by atoms with Crippen molar-refractivity contribution in [3.8, 4) is 0 Å². The van der Waals surface area contributed by atoms with Crippen LogP contribution in [0.2, 0.25) is 0 Å². The number of hydrogen-bond donors (Lipinski definition) is 1. The largest absolute Gasteiger partial charge is 0.398 e. The summed E-state index contributed by atoms with van der Waals surface area (Å²) in [5, 5.41) is 0. The van der Waals surface area contributed by atoms with Gasteiger partial charge >= 0.3 is 0 Å². The van der Waals surface area contributed by atoms with Crippen LogP contribution in [0.4, 0.5) is 5.69 Å². The standard InChI is InChI=1S/C12H17N3/c1-8-5-9(13)6-15-7-10(12(2,3)4)14-11(8)15/h5-7H,13H2,1-4H3. The molecule has 15 heavy (non-hydrogen) atoms. The first-order valence-corrected chi connectivity index (χ1v) is 5.13. The molecular weight excluding hydrogens is 186 g/mol. The molecule has 2 rings (SSSR count). The second-order valence-corrected chi connectivity index (χ2v) is 5.06. The SMILES string of the molecule is Cc1cc(N)cn2cc(C(C)(C)C)nc12. The zero-order chi connectivity index (χ0) is 11.2. The summed E-state index contributed by atoms with van der Waals surface area (Å²) in [5.74, 6) is 0. The molecular formula is C12H17N3. The molecule has 2 aromatic heterocycles. The summed E-state index contributed by atoms with van der Waals surface area (Å²) in [7, 11) is 0. The topological polar surface area (TPSA) is 43.3 Å². The summed E-state index contributed by atoms with van der Waals surface area (Å²) in [4.78, 5) is 4.63. The van der Waals surface area contributed by atoms with E-state index in [1.54, 1.807) is 0 Å². The first-order valence-electron chi connectivity index (χ1n) is 5.13. The number of nitrogen functional groups attached to an aromatic ring is 1. The number of anilines is 1. The van der Waals surface area contributed by atoms with Crippen molar-refractivity contribution in [2.24, 2.45) is 0 Å². The highest BCUT2D eigenvalue weighted by molar-refractivity contribution is 5.55. The Morgan fingerprint density at radius 1 is 1.27 bits per heavy atom. The van der Waals surface area contributed by atoms with E-state index in [1.165, 1.54) is 0 Å². The van der Waals surface area contributed by atoms with Gasteiger partial charge in [0, 0.05) is 23.5 Å². The van der Waals surface area contributed by atoms with Crippen molar-refractivity contribution < 1.29 is 0 Å². The van der Waals surface area contributed by atoms with Gasteiger partial charge in [-0.05, 0) is 18.6 Å². The van der Waals surface area contributed by atoms with Gasteiger partial charge in [0.05, 0.1) is 5.69 Å². The van der Waals surface area contributed by atoms with E-state index >= 15 is 0 Å². The van der Waals surface area contributed by atoms with Crippen LogP contribution >= 0.6 is 0 Å². The Morgan fingerprint density at radius 2 is 1.93 bits per heavy atom. The number of aryl methyl sites for hydroxylation is 1. The summed E-state index contributed by atoms with van der Waals surface area (Å²) in [6.07, 6.45) is 3.96. The van der Waals surface area contributed by atoms with Gasteiger partial charge in [-0.25, -0.2) is 4.98 Å². The van der Waals surface area contributed by atoms with Crippen LogP contribution in [0.1, 0.15) is 32.0 Å². The molecule has 0 saturated carbocycles. The van der Waals surface area contributed by atoms with Crippen LogP contribution in [-0.4, -0.2) is 9.38 Å². The fourth-order valence-electron chi connectivity index (χ4n) is 1.66. The van der Waals surface area contributed by atoms with E-state index in [-0.39, 0.29) is 5.41 Å². The van der Waals surface area contributed by atoms with Crippen LogP contribution in [0.25, 0.3) is 5.65 Å². The molecule has 0 aliphatic rings. The predicted octanol–water partition coefficient (Wildman–Crippen LogP) is 2.52. The number of pyridine rings is 1. The van der Waals surface area contributed by atoms with Gasteiger partial charge in [-0.15, -0.1) is 0 Å². The van der Waals surface area contributed by atoms with Gasteiger partial charge in [-0.3, -0.25) is 0 Å². The van der Waals surface area contributed by atoms with Crippen molar-refractivity contribution >= 4 is 11.3 Å². The zero-order valence-corrected chi connectivity index (χ0v) is 9.70. The first-order chi connectivity index (χ1) is 6.88. The number of fused-ring (bicyclic) bond motifs is 1. The summed E-state index contributed by atoms with van der Waals surface area (Å²) in [5.41, 5.74) is 9.85. The highest BCUT2D eigenvalue weighted by Gasteiger charge is 2.18. The van der Waals surface area contributed by atoms with Crippen molar-refractivity contribution in [2.75, 3.05) is 5.73 Å². The van der Waals surface area contributed by atoms with Crippen molar-refractivity contribution in [3.05, 3.63) is 29.7 Å². The maximum absolute atomic E-state index is 5.79. The Morgan fingerprint density at radius 3 is 2.53 bits per heavy atom. The van der Waals surface area contributed by atoms with Crippen LogP contribution in [0.5, 0.6) is 0 Å². The monoisotopic (exact) mass is 203 g/mol. The lowest BCUT2D eigenvalue weighted by atomic mass is 9.93. The average Bonchev–Trinajstić information content (AvgIpc) is 2.46. The maximum atomic E-state index is 5.79. The third kappa shape index (κ3) is 1.69. The van der Waals surface area contributed by atoms with Crippen molar-refractivity contribution in [1.29, 1.82) is 0 Å². The average molecular weight is 203 g/mol. The maximum Gasteiger partial charge on any atom is 0.140 e. The summed E-state index contributed by atoms with van der Waals surface area (Å²) in [6.45, 7) is 8.51. The van der Waals surface area contributed by atoms with Crippen molar-refractivity contribution in [2.45, 2.75) is 33.1 Å². The third-order valence-corrected chi connectivity index (χ3v) is 2.52. The lowest BCUT2D eigenvalue weighted by molar-refractivity contribution is 0.573. The highest BCUT2D eigenvalue weighted by atomic mass is 15.0. The summed E-state index contributed by atoms with van der Waals surface area (Å²) < 4.78 is 2.01. The minimum absolute atomic E-state index is 0.0766. The molecule has 0 unspecified atom stereocenters. The number of rotatable bonds is 0. The Labute approximate surface area is 89.9 Å². The van der Waals surface area contributed by atoms with E-state index in [0.29, 0.717) is 0 Å². The molecule has 80 valence electrons. The summed E-state index contributed by atoms with van der Waals surface area (Å²) >= 11 is 0. The van der Waals surface area contributed by atoms with Gasteiger partial charge < -0.3 is 10.1 Å². The fraction of sp³-hybridized carbons (Fsp3) is 0.417. The molecule has 0 radical (unpaired) electrons. The van der Waals surface area contributed by atoms with Gasteiger partial charge in [0.15, 0.2) is 0 Å². The van der Waals surface area contributed by atoms with E-state index in [9.17, 15) is 0 Å². The number of nitrogens with zero attached hydrogens (tertiary/aromatic N) is 2. The van der Waals surface area contributed by atoms with E-state index < -0.39 is 0 Å². The van der Waals surface area contributed by atoms with Crippen LogP contribution in [0.3, 0.4) is 0 Å². The number of nitrogens with two attached hydrogens (primary N) is 1. The molecule has 2 N–H and O–H groups in total. The van der Waals surface area contributed by atoms with Crippen LogP contribution in [-0.2, 0) is 5.41 Å². The third-order valence-electron chi connectivity index (χ3n) is 2.52. The predicted molar refractivity (Wildman–Crippen MR) is 63.0 cm³/mol. The molecule has 0 amide bonds. The van der Waals surface area contributed by atoms with Crippen molar-refractivity contribution in [3.63, 3.8) is 0 Å². The minimum Gasteiger partial charge on any atom is -0.398 e. The van der Waals surface area contributed by atoms with Crippen LogP contribution in [0.15, 0.2) is 18.5 Å². The molecule has 0 aromatic carbocycles. The molecule has 0 spiro atoms. The second kappa shape index (κ2) is 2.99. The van der Waals surface area contributed by atoms with E-state index in [2.05, 4.69) is 32.0 Å². The Bertz CT molecular complexity index is 503. The van der Waals surface area contributed by atoms with E-state index in [1.807, 2.05) is 23.6 Å².